The number of aliphatic imine (C=N–C) groups is 2. The lowest BCUT2D eigenvalue weighted by Gasteiger charge is -2.39. The number of hydrogen-bond donors (Lipinski definition) is 1. The summed E-state index contributed by atoms with van der Waals surface area (Å²) in [5.41, 5.74) is 1.93. The van der Waals surface area contributed by atoms with E-state index in [2.05, 4.69) is 53.6 Å². The van der Waals surface area contributed by atoms with Gasteiger partial charge in [0.05, 0.1) is 17.0 Å². The molecule has 1 amide bonds. The molecule has 10 heteroatoms. The number of aldehydes is 1. The molecule has 1 saturated heterocycles. The molecule has 1 N–H and O–H groups in total. The average Bonchev–Trinajstić information content (AvgIpc) is 2.96. The third-order valence-corrected chi connectivity index (χ3v) is 6.58. The maximum atomic E-state index is 15.6. The number of allylic oxidation sites excluding steroid dienone is 8. The molecule has 0 aliphatic carbocycles. The van der Waals surface area contributed by atoms with Crippen molar-refractivity contribution in [3.63, 3.8) is 0 Å². The van der Waals surface area contributed by atoms with Crippen LogP contribution in [-0.4, -0.2) is 72.8 Å². The van der Waals surface area contributed by atoms with Crippen molar-refractivity contribution in [1.29, 1.82) is 0 Å². The van der Waals surface area contributed by atoms with Crippen LogP contribution < -0.4 is 5.32 Å². The topological polar surface area (TPSA) is 90.3 Å². The normalized spacial score (nSPS) is 17.0. The molecule has 8 nitrogen and oxygen atoms in total. The molecule has 1 fully saturated rings. The second-order valence-electron chi connectivity index (χ2n) is 9.80. The number of pyridine rings is 1. The molecule has 226 valence electrons. The first kappa shape index (κ1) is 35.7. The number of carbonyl (C=O) groups excluding carboxylic acids is 2. The van der Waals surface area contributed by atoms with Crippen LogP contribution in [-0.2, 0) is 9.59 Å². The van der Waals surface area contributed by atoms with Crippen LogP contribution in [0.25, 0.3) is 5.57 Å². The molecule has 0 bridgehead atoms. The van der Waals surface area contributed by atoms with E-state index in [-0.39, 0.29) is 34.6 Å². The Bertz CT molecular complexity index is 1300. The van der Waals surface area contributed by atoms with Gasteiger partial charge in [-0.2, -0.15) is 0 Å². The summed E-state index contributed by atoms with van der Waals surface area (Å²) in [6.45, 7) is 25.5. The number of nitrogens with one attached hydrogen (secondary N) is 1. The van der Waals surface area contributed by atoms with Crippen LogP contribution in [0.3, 0.4) is 0 Å². The second kappa shape index (κ2) is 17.5. The second-order valence-corrected chi connectivity index (χ2v) is 9.80. The summed E-state index contributed by atoms with van der Waals surface area (Å²) >= 11 is 0. The maximum Gasteiger partial charge on any atom is 0.212 e. The molecule has 0 spiro atoms. The first-order chi connectivity index (χ1) is 19.9. The largest absolute Gasteiger partial charge is 0.353 e. The Hall–Kier alpha value is -4.31. The lowest BCUT2D eigenvalue weighted by Crippen LogP contribution is -2.52. The van der Waals surface area contributed by atoms with E-state index in [1.165, 1.54) is 24.3 Å². The van der Waals surface area contributed by atoms with Crippen LogP contribution in [0.2, 0.25) is 0 Å². The van der Waals surface area contributed by atoms with Crippen LogP contribution in [0.1, 0.15) is 45.9 Å². The van der Waals surface area contributed by atoms with Crippen molar-refractivity contribution >= 4 is 36.6 Å². The molecule has 2 rings (SSSR count). The third kappa shape index (κ3) is 9.37. The van der Waals surface area contributed by atoms with Crippen LogP contribution >= 0.6 is 0 Å². The minimum Gasteiger partial charge on any atom is -0.353 e. The molecule has 1 aliphatic heterocycles. The lowest BCUT2D eigenvalue weighted by molar-refractivity contribution is -0.105. The van der Waals surface area contributed by atoms with Crippen molar-refractivity contribution in [3.05, 3.63) is 90.0 Å². The fraction of sp³-hybridized carbons (Fsp3) is 0.344. The standard InChI is InChI=1S/C29H38F2N6O.C3H4O/c1-10-12-22(21(7)30)27-24(31)15-23(28(34-27)33-17-38)29(37-14-13-36(9)20(6)16-37)35-26(19(5)11-2)25(32-8)18(3)4;1-2-3-4/h10-12,15,17-18,20H,1,7-8,13-14,16H2,2-6,9H3,(H,33,34,38);2-3H,1H2/b19-11-,22-12+,26-25+,35-29?;/t20-;/m0./s1. The van der Waals surface area contributed by atoms with Crippen molar-refractivity contribution in [1.82, 2.24) is 14.8 Å². The van der Waals surface area contributed by atoms with E-state index in [0.29, 0.717) is 43.0 Å². The van der Waals surface area contributed by atoms with E-state index in [4.69, 9.17) is 9.79 Å². The number of anilines is 1. The fourth-order valence-corrected chi connectivity index (χ4v) is 4.09. The van der Waals surface area contributed by atoms with Gasteiger partial charge in [-0.15, -0.1) is 0 Å². The summed E-state index contributed by atoms with van der Waals surface area (Å²) in [5, 5.41) is 2.55. The number of amides is 1. The van der Waals surface area contributed by atoms with Crippen LogP contribution in [0.15, 0.2) is 82.9 Å². The van der Waals surface area contributed by atoms with Crippen molar-refractivity contribution in [2.45, 2.75) is 40.7 Å². The smallest absolute Gasteiger partial charge is 0.212 e. The average molecular weight is 581 g/mol. The van der Waals surface area contributed by atoms with Gasteiger partial charge in [0.25, 0.3) is 0 Å². The molecule has 0 unspecified atom stereocenters. The molecule has 0 saturated carbocycles. The first-order valence-electron chi connectivity index (χ1n) is 13.4. The Labute approximate surface area is 248 Å². The Morgan fingerprint density at radius 1 is 1.24 bits per heavy atom. The van der Waals surface area contributed by atoms with Crippen LogP contribution in [0.5, 0.6) is 0 Å². The summed E-state index contributed by atoms with van der Waals surface area (Å²) in [5.74, 6) is -1.21. The minimum atomic E-state index is -0.879. The number of rotatable bonds is 11. The van der Waals surface area contributed by atoms with Crippen molar-refractivity contribution in [2.24, 2.45) is 15.9 Å². The molecular formula is C32H42F2N6O2. The van der Waals surface area contributed by atoms with Gasteiger partial charge in [-0.25, -0.2) is 18.8 Å². The van der Waals surface area contributed by atoms with Gasteiger partial charge >= 0.3 is 0 Å². The number of hydrogen-bond acceptors (Lipinski definition) is 6. The number of aromatic nitrogens is 1. The van der Waals surface area contributed by atoms with Crippen LogP contribution in [0.4, 0.5) is 14.6 Å². The molecule has 1 atom stereocenters. The number of amidine groups is 1. The monoisotopic (exact) mass is 580 g/mol. The van der Waals surface area contributed by atoms with E-state index in [0.717, 1.165) is 12.1 Å². The van der Waals surface area contributed by atoms with Gasteiger partial charge < -0.3 is 15.1 Å². The van der Waals surface area contributed by atoms with Crippen molar-refractivity contribution in [3.8, 4) is 0 Å². The molecule has 1 aromatic rings. The van der Waals surface area contributed by atoms with Crippen LogP contribution in [0, 0.1) is 11.7 Å². The van der Waals surface area contributed by atoms with Gasteiger partial charge in [-0.1, -0.05) is 51.8 Å². The molecular weight excluding hydrogens is 538 g/mol. The zero-order chi connectivity index (χ0) is 32.0. The Kier molecular flexibility index (Phi) is 14.9. The molecule has 0 radical (unpaired) electrons. The number of nitrogens with zero attached hydrogens (tertiary/aromatic N) is 5. The number of halogens is 2. The van der Waals surface area contributed by atoms with E-state index < -0.39 is 11.6 Å². The highest BCUT2D eigenvalue weighted by atomic mass is 19.1. The SMILES string of the molecule is C=C/C=C(\C(=C)F)c1nc(NC=O)c(C(=NC(/C(C)=C\C)=C(/N=C)C(C)C)N2CCN(C)[C@@H](C)C2)cc1F.C=CC=O. The van der Waals surface area contributed by atoms with Gasteiger partial charge in [-0.05, 0) is 58.2 Å². The summed E-state index contributed by atoms with van der Waals surface area (Å²) in [7, 11) is 2.04. The van der Waals surface area contributed by atoms with Crippen molar-refractivity contribution in [2.75, 3.05) is 32.0 Å². The Morgan fingerprint density at radius 2 is 1.88 bits per heavy atom. The Morgan fingerprint density at radius 3 is 2.33 bits per heavy atom. The number of carbonyl (C=O) groups is 2. The van der Waals surface area contributed by atoms with Gasteiger partial charge in [0.2, 0.25) is 6.41 Å². The quantitative estimate of drug-likeness (QED) is 0.112. The highest BCUT2D eigenvalue weighted by Gasteiger charge is 2.28. The first-order valence-corrected chi connectivity index (χ1v) is 13.4. The molecule has 0 aromatic carbocycles. The number of likely N-dealkylation sites (N-methyl/N-ethyl adjacent to an activating group) is 1. The van der Waals surface area contributed by atoms with Crippen molar-refractivity contribution < 1.29 is 18.4 Å². The zero-order valence-electron chi connectivity index (χ0n) is 25.5. The molecule has 1 aliphatic rings. The van der Waals surface area contributed by atoms with E-state index in [1.807, 2.05) is 45.7 Å². The number of piperazine rings is 1. The maximum absolute atomic E-state index is 15.6. The predicted octanol–water partition coefficient (Wildman–Crippen LogP) is 6.13. The zero-order valence-corrected chi connectivity index (χ0v) is 25.5. The van der Waals surface area contributed by atoms with Gasteiger partial charge in [0.15, 0.2) is 0 Å². The van der Waals surface area contributed by atoms with Gasteiger partial charge in [0, 0.05) is 31.2 Å². The summed E-state index contributed by atoms with van der Waals surface area (Å²) in [6.07, 6.45) is 6.78. The summed E-state index contributed by atoms with van der Waals surface area (Å²) in [6, 6.07) is 1.40. The summed E-state index contributed by atoms with van der Waals surface area (Å²) in [4.78, 5) is 38.5. The van der Waals surface area contributed by atoms with E-state index in [1.54, 1.807) is 0 Å². The highest BCUT2D eigenvalue weighted by molar-refractivity contribution is 6.05. The predicted molar refractivity (Wildman–Crippen MR) is 170 cm³/mol. The van der Waals surface area contributed by atoms with Gasteiger partial charge in [0.1, 0.15) is 35.3 Å². The minimum absolute atomic E-state index is 0.0146. The molecule has 2 heterocycles. The lowest BCUT2D eigenvalue weighted by atomic mass is 10.0. The van der Waals surface area contributed by atoms with E-state index >= 15 is 4.39 Å². The summed E-state index contributed by atoms with van der Waals surface area (Å²) < 4.78 is 29.8. The van der Waals surface area contributed by atoms with Gasteiger partial charge in [-0.3, -0.25) is 14.6 Å². The highest BCUT2D eigenvalue weighted by Crippen LogP contribution is 2.31. The molecule has 1 aromatic heterocycles. The molecule has 42 heavy (non-hydrogen) atoms. The third-order valence-electron chi connectivity index (χ3n) is 6.58. The Balaban J connectivity index is 0.00000206. The fourth-order valence-electron chi connectivity index (χ4n) is 4.09. The van der Waals surface area contributed by atoms with E-state index in [9.17, 15) is 9.18 Å².